The summed E-state index contributed by atoms with van der Waals surface area (Å²) in [6.07, 6.45) is 0. The minimum absolute atomic E-state index is 0.101. The number of halogens is 2. The highest BCUT2D eigenvalue weighted by Crippen LogP contribution is 2.24. The lowest BCUT2D eigenvalue weighted by molar-refractivity contribution is -0.118. The van der Waals surface area contributed by atoms with Gasteiger partial charge in [0, 0.05) is 33.0 Å². The summed E-state index contributed by atoms with van der Waals surface area (Å²) in [4.78, 5) is 16.5. The molecule has 1 heterocycles. The third-order valence-corrected chi connectivity index (χ3v) is 5.66. The molecule has 0 aliphatic rings. The molecular weight excluding hydrogens is 419 g/mol. The van der Waals surface area contributed by atoms with E-state index in [0.717, 1.165) is 11.1 Å². The van der Waals surface area contributed by atoms with Crippen LogP contribution in [0, 0.1) is 6.92 Å². The maximum absolute atomic E-state index is 12.4. The molecule has 146 valence electrons. The molecule has 28 heavy (non-hydrogen) atoms. The van der Waals surface area contributed by atoms with Crippen LogP contribution in [0.1, 0.15) is 17.0 Å². The zero-order valence-electron chi connectivity index (χ0n) is 15.1. The normalized spacial score (nSPS) is 12.0. The molecule has 0 fully saturated rings. The summed E-state index contributed by atoms with van der Waals surface area (Å²) in [5, 5.41) is 4.01. The molecule has 3 aromatic rings. The van der Waals surface area contributed by atoms with E-state index in [4.69, 9.17) is 27.6 Å². The highest BCUT2D eigenvalue weighted by molar-refractivity contribution is 7.84. The fourth-order valence-electron chi connectivity index (χ4n) is 2.48. The topological polar surface area (TPSA) is 72.2 Å². The fourth-order valence-corrected chi connectivity index (χ4v) is 3.80. The van der Waals surface area contributed by atoms with Crippen LogP contribution in [0.3, 0.4) is 0 Å². The molecule has 3 rings (SSSR count). The molecular formula is C20H18Cl2N2O3S. The number of amides is 1. The third-order valence-electron chi connectivity index (χ3n) is 3.98. The predicted octanol–water partition coefficient (Wildman–Crippen LogP) is 4.52. The summed E-state index contributed by atoms with van der Waals surface area (Å²) in [7, 11) is -1.40. The summed E-state index contributed by atoms with van der Waals surface area (Å²) in [5.74, 6) is 0.786. The van der Waals surface area contributed by atoms with Gasteiger partial charge in [0.25, 0.3) is 0 Å². The number of rotatable bonds is 7. The molecule has 0 saturated heterocycles. The van der Waals surface area contributed by atoms with Gasteiger partial charge < -0.3 is 9.73 Å². The Bertz CT molecular complexity index is 986. The van der Waals surface area contributed by atoms with Crippen molar-refractivity contribution in [2.45, 2.75) is 19.2 Å². The molecule has 1 aromatic heterocycles. The Morgan fingerprint density at radius 2 is 1.68 bits per heavy atom. The predicted molar refractivity (Wildman–Crippen MR) is 112 cm³/mol. The van der Waals surface area contributed by atoms with Gasteiger partial charge in [0.15, 0.2) is 0 Å². The van der Waals surface area contributed by atoms with E-state index in [0.29, 0.717) is 33.9 Å². The zero-order chi connectivity index (χ0) is 20.1. The van der Waals surface area contributed by atoms with Crippen LogP contribution in [0.25, 0.3) is 11.5 Å². The van der Waals surface area contributed by atoms with Gasteiger partial charge in [-0.2, -0.15) is 0 Å². The van der Waals surface area contributed by atoms with Crippen molar-refractivity contribution in [3.05, 3.63) is 75.6 Å². The average Bonchev–Trinajstić information content (AvgIpc) is 3.02. The van der Waals surface area contributed by atoms with Gasteiger partial charge in [-0.25, -0.2) is 4.98 Å². The lowest BCUT2D eigenvalue weighted by atomic mass is 10.2. The van der Waals surface area contributed by atoms with Crippen molar-refractivity contribution >= 4 is 39.9 Å². The molecule has 1 N–H and O–H groups in total. The highest BCUT2D eigenvalue weighted by Gasteiger charge is 2.16. The monoisotopic (exact) mass is 436 g/mol. The zero-order valence-corrected chi connectivity index (χ0v) is 17.4. The lowest BCUT2D eigenvalue weighted by Crippen LogP contribution is -2.28. The van der Waals surface area contributed by atoms with E-state index in [1.54, 1.807) is 43.3 Å². The first kappa shape index (κ1) is 20.6. The van der Waals surface area contributed by atoms with Crippen LogP contribution in [0.4, 0.5) is 0 Å². The summed E-state index contributed by atoms with van der Waals surface area (Å²) in [6, 6.07) is 14.3. The molecule has 0 aliphatic carbocycles. The quantitative estimate of drug-likeness (QED) is 0.590. The Morgan fingerprint density at radius 1 is 1.07 bits per heavy atom. The molecule has 2 aromatic carbocycles. The molecule has 0 saturated carbocycles. The van der Waals surface area contributed by atoms with Crippen LogP contribution >= 0.6 is 23.2 Å². The number of carbonyl (C=O) groups is 1. The minimum Gasteiger partial charge on any atom is -0.441 e. The molecule has 0 aliphatic heterocycles. The van der Waals surface area contributed by atoms with E-state index in [2.05, 4.69) is 10.3 Å². The van der Waals surface area contributed by atoms with E-state index < -0.39 is 10.8 Å². The number of aryl methyl sites for hydroxylation is 1. The summed E-state index contributed by atoms with van der Waals surface area (Å²) < 4.78 is 18.0. The first-order chi connectivity index (χ1) is 13.4. The minimum atomic E-state index is -1.40. The summed E-state index contributed by atoms with van der Waals surface area (Å²) >= 11 is 11.7. The van der Waals surface area contributed by atoms with Crippen LogP contribution in [0.15, 0.2) is 52.9 Å². The van der Waals surface area contributed by atoms with Crippen LogP contribution < -0.4 is 5.32 Å². The van der Waals surface area contributed by atoms with Crippen molar-refractivity contribution in [2.75, 3.05) is 5.75 Å². The Hall–Kier alpha value is -2.15. The number of carbonyl (C=O) groups excluding carboxylic acids is 1. The van der Waals surface area contributed by atoms with Crippen molar-refractivity contribution < 1.29 is 13.4 Å². The second-order valence-electron chi connectivity index (χ2n) is 6.16. The van der Waals surface area contributed by atoms with Crippen LogP contribution in [-0.2, 0) is 27.9 Å². The van der Waals surface area contributed by atoms with E-state index in [9.17, 15) is 9.00 Å². The molecule has 8 heteroatoms. The third kappa shape index (κ3) is 5.67. The lowest BCUT2D eigenvalue weighted by Gasteiger charge is -2.05. The molecule has 0 bridgehead atoms. The maximum atomic E-state index is 12.4. The summed E-state index contributed by atoms with van der Waals surface area (Å²) in [6.45, 7) is 2.12. The van der Waals surface area contributed by atoms with Crippen molar-refractivity contribution in [2.24, 2.45) is 0 Å². The largest absolute Gasteiger partial charge is 0.441 e. The van der Waals surface area contributed by atoms with Crippen LogP contribution in [0.5, 0.6) is 0 Å². The van der Waals surface area contributed by atoms with Gasteiger partial charge in [0.1, 0.15) is 11.5 Å². The molecule has 1 amide bonds. The van der Waals surface area contributed by atoms with Gasteiger partial charge in [-0.15, -0.1) is 0 Å². The van der Waals surface area contributed by atoms with Gasteiger partial charge in [-0.05, 0) is 48.9 Å². The number of hydrogen-bond acceptors (Lipinski definition) is 4. The van der Waals surface area contributed by atoms with Gasteiger partial charge in [-0.3, -0.25) is 9.00 Å². The van der Waals surface area contributed by atoms with Gasteiger partial charge >= 0.3 is 0 Å². The standard InChI is InChI=1S/C20H18Cl2N2O3S/c1-13-18(24-20(27-13)15-4-8-17(22)9-5-15)11-28(26)12-19(25)23-10-14-2-6-16(21)7-3-14/h2-9H,10-12H2,1H3,(H,23,25)/t28-/m0/s1. The molecule has 1 atom stereocenters. The average molecular weight is 437 g/mol. The molecule has 0 unspecified atom stereocenters. The Kier molecular flexibility index (Phi) is 6.88. The van der Waals surface area contributed by atoms with Crippen molar-refractivity contribution in [3.63, 3.8) is 0 Å². The number of aromatic nitrogens is 1. The second kappa shape index (κ2) is 9.37. The van der Waals surface area contributed by atoms with Crippen molar-refractivity contribution in [1.82, 2.24) is 10.3 Å². The van der Waals surface area contributed by atoms with Crippen molar-refractivity contribution in [1.29, 1.82) is 0 Å². The maximum Gasteiger partial charge on any atom is 0.232 e. The fraction of sp³-hybridized carbons (Fsp3) is 0.200. The van der Waals surface area contributed by atoms with E-state index in [1.807, 2.05) is 12.1 Å². The molecule has 5 nitrogen and oxygen atoms in total. The van der Waals surface area contributed by atoms with Gasteiger partial charge in [0.2, 0.25) is 11.8 Å². The number of oxazole rings is 1. The summed E-state index contributed by atoms with van der Waals surface area (Å²) in [5.41, 5.74) is 2.28. The van der Waals surface area contributed by atoms with E-state index in [-0.39, 0.29) is 17.4 Å². The number of benzene rings is 2. The second-order valence-corrected chi connectivity index (χ2v) is 8.49. The Balaban J connectivity index is 1.55. The van der Waals surface area contributed by atoms with Crippen LogP contribution in [-0.4, -0.2) is 20.9 Å². The van der Waals surface area contributed by atoms with Gasteiger partial charge in [0.05, 0.1) is 11.4 Å². The smallest absolute Gasteiger partial charge is 0.232 e. The first-order valence-corrected chi connectivity index (χ1v) is 10.7. The first-order valence-electron chi connectivity index (χ1n) is 8.49. The number of nitrogens with one attached hydrogen (secondary N) is 1. The number of nitrogens with zero attached hydrogens (tertiary/aromatic N) is 1. The SMILES string of the molecule is Cc1oc(-c2ccc(Cl)cc2)nc1C[S@](=O)CC(=O)NCc1ccc(Cl)cc1. The highest BCUT2D eigenvalue weighted by atomic mass is 35.5. The number of hydrogen-bond donors (Lipinski definition) is 1. The van der Waals surface area contributed by atoms with E-state index >= 15 is 0 Å². The van der Waals surface area contributed by atoms with Crippen molar-refractivity contribution in [3.8, 4) is 11.5 Å². The Labute approximate surface area is 175 Å². The Morgan fingerprint density at radius 3 is 2.32 bits per heavy atom. The molecule has 0 radical (unpaired) electrons. The van der Waals surface area contributed by atoms with Crippen LogP contribution in [0.2, 0.25) is 10.0 Å². The molecule has 0 spiro atoms. The van der Waals surface area contributed by atoms with E-state index in [1.165, 1.54) is 0 Å². The van der Waals surface area contributed by atoms with Gasteiger partial charge in [-0.1, -0.05) is 35.3 Å².